The number of aryl methyl sites for hydroxylation is 2. The number of carbonyl (C=O) groups excluding carboxylic acids is 1. The second kappa shape index (κ2) is 8.94. The first kappa shape index (κ1) is 19.3. The monoisotopic (exact) mass is 367 g/mol. The first-order valence-electron chi connectivity index (χ1n) is 9.86. The number of carbonyl (C=O) groups is 1. The molecule has 3 rings (SSSR count). The summed E-state index contributed by atoms with van der Waals surface area (Å²) >= 11 is 0. The highest BCUT2D eigenvalue weighted by Crippen LogP contribution is 2.25. The van der Waals surface area contributed by atoms with Crippen LogP contribution in [0.25, 0.3) is 0 Å². The van der Waals surface area contributed by atoms with E-state index >= 15 is 0 Å². The number of amides is 1. The fraction of sp³-hybridized carbons (Fsp3) is 0.435. The zero-order chi connectivity index (χ0) is 19.2. The normalized spacial score (nSPS) is 15.4. The Labute approximate surface area is 161 Å². The molecule has 2 aromatic carbocycles. The van der Waals surface area contributed by atoms with Crippen LogP contribution >= 0.6 is 0 Å². The van der Waals surface area contributed by atoms with Gasteiger partial charge in [-0.05, 0) is 87.4 Å². The lowest BCUT2D eigenvalue weighted by atomic mass is 10.1. The van der Waals surface area contributed by atoms with Crippen molar-refractivity contribution in [2.24, 2.45) is 0 Å². The summed E-state index contributed by atoms with van der Waals surface area (Å²) in [6.45, 7) is 5.96. The van der Waals surface area contributed by atoms with Crippen molar-refractivity contribution in [1.82, 2.24) is 0 Å². The molecule has 1 aliphatic rings. The predicted molar refractivity (Wildman–Crippen MR) is 109 cm³/mol. The Kier molecular flexibility index (Phi) is 6.38. The van der Waals surface area contributed by atoms with Gasteiger partial charge in [0.1, 0.15) is 11.5 Å². The topological polar surface area (TPSA) is 47.6 Å². The van der Waals surface area contributed by atoms with Crippen molar-refractivity contribution < 1.29 is 14.3 Å². The van der Waals surface area contributed by atoms with Crippen LogP contribution in [0.5, 0.6) is 11.5 Å². The zero-order valence-electron chi connectivity index (χ0n) is 16.5. The maximum atomic E-state index is 12.6. The van der Waals surface area contributed by atoms with Crippen LogP contribution in [0.4, 0.5) is 5.69 Å². The van der Waals surface area contributed by atoms with E-state index in [1.54, 1.807) is 0 Å². The van der Waals surface area contributed by atoms with E-state index < -0.39 is 6.10 Å². The molecule has 1 unspecified atom stereocenters. The molecule has 4 nitrogen and oxygen atoms in total. The summed E-state index contributed by atoms with van der Waals surface area (Å²) in [5.41, 5.74) is 2.89. The Hall–Kier alpha value is -2.49. The van der Waals surface area contributed by atoms with Gasteiger partial charge in [0.25, 0.3) is 5.91 Å². The Morgan fingerprint density at radius 1 is 1.11 bits per heavy atom. The average molecular weight is 367 g/mol. The second-order valence-electron chi connectivity index (χ2n) is 7.32. The van der Waals surface area contributed by atoms with Gasteiger partial charge in [0.05, 0.1) is 6.10 Å². The molecule has 0 bridgehead atoms. The quantitative estimate of drug-likeness (QED) is 0.711. The van der Waals surface area contributed by atoms with Crippen molar-refractivity contribution in [3.63, 3.8) is 0 Å². The molecule has 1 aliphatic carbocycles. The lowest BCUT2D eigenvalue weighted by molar-refractivity contribution is -0.122. The number of hydrogen-bond acceptors (Lipinski definition) is 3. The number of anilines is 1. The van der Waals surface area contributed by atoms with Crippen molar-refractivity contribution in [1.29, 1.82) is 0 Å². The molecular weight excluding hydrogens is 338 g/mol. The van der Waals surface area contributed by atoms with Gasteiger partial charge in [-0.2, -0.15) is 0 Å². The molecule has 1 amide bonds. The SMILES string of the molecule is CCC(Oc1cc(C)ccc1C)C(=O)Nc1ccc(OC2CCCC2)cc1. The van der Waals surface area contributed by atoms with Crippen molar-refractivity contribution in [3.05, 3.63) is 53.6 Å². The maximum absolute atomic E-state index is 12.6. The van der Waals surface area contributed by atoms with Crippen LogP contribution in [-0.2, 0) is 4.79 Å². The van der Waals surface area contributed by atoms with Crippen LogP contribution < -0.4 is 14.8 Å². The number of hydrogen-bond donors (Lipinski definition) is 1. The molecule has 1 fully saturated rings. The minimum atomic E-state index is -0.528. The highest BCUT2D eigenvalue weighted by molar-refractivity contribution is 5.94. The number of ether oxygens (including phenoxy) is 2. The first-order chi connectivity index (χ1) is 13.0. The molecule has 0 radical (unpaired) electrons. The van der Waals surface area contributed by atoms with E-state index in [0.717, 1.165) is 41.2 Å². The molecule has 2 aromatic rings. The predicted octanol–water partition coefficient (Wildman–Crippen LogP) is 5.42. The molecule has 0 aliphatic heterocycles. The summed E-state index contributed by atoms with van der Waals surface area (Å²) in [7, 11) is 0. The first-order valence-corrected chi connectivity index (χ1v) is 9.86. The molecule has 1 N–H and O–H groups in total. The van der Waals surface area contributed by atoms with Gasteiger partial charge in [0.15, 0.2) is 6.10 Å². The van der Waals surface area contributed by atoms with Gasteiger partial charge >= 0.3 is 0 Å². The lowest BCUT2D eigenvalue weighted by Gasteiger charge is -2.19. The van der Waals surface area contributed by atoms with Gasteiger partial charge in [0.2, 0.25) is 0 Å². The van der Waals surface area contributed by atoms with E-state index in [1.165, 1.54) is 12.8 Å². The van der Waals surface area contributed by atoms with Gasteiger partial charge in [-0.1, -0.05) is 19.1 Å². The average Bonchev–Trinajstić information content (AvgIpc) is 3.17. The fourth-order valence-electron chi connectivity index (χ4n) is 3.35. The Balaban J connectivity index is 1.59. The van der Waals surface area contributed by atoms with Crippen LogP contribution in [0.3, 0.4) is 0 Å². The molecule has 0 heterocycles. The van der Waals surface area contributed by atoms with E-state index in [9.17, 15) is 4.79 Å². The fourth-order valence-corrected chi connectivity index (χ4v) is 3.35. The largest absolute Gasteiger partial charge is 0.490 e. The third kappa shape index (κ3) is 5.25. The van der Waals surface area contributed by atoms with Crippen molar-refractivity contribution >= 4 is 11.6 Å². The molecule has 1 saturated carbocycles. The van der Waals surface area contributed by atoms with Crippen LogP contribution in [0.2, 0.25) is 0 Å². The standard InChI is InChI=1S/C23H29NO3/c1-4-21(27-22-15-16(2)9-10-17(22)3)23(25)24-18-11-13-20(14-12-18)26-19-7-5-6-8-19/h9-15,19,21H,4-8H2,1-3H3,(H,24,25). The molecule has 4 heteroatoms. The molecule has 0 saturated heterocycles. The minimum Gasteiger partial charge on any atom is -0.490 e. The summed E-state index contributed by atoms with van der Waals surface area (Å²) in [4.78, 5) is 12.6. The number of benzene rings is 2. The van der Waals surface area contributed by atoms with E-state index in [1.807, 2.05) is 63.2 Å². The molecular formula is C23H29NO3. The molecule has 144 valence electrons. The van der Waals surface area contributed by atoms with E-state index in [0.29, 0.717) is 12.5 Å². The summed E-state index contributed by atoms with van der Waals surface area (Å²) in [5, 5.41) is 2.95. The second-order valence-corrected chi connectivity index (χ2v) is 7.32. The third-order valence-corrected chi connectivity index (χ3v) is 5.00. The number of nitrogens with one attached hydrogen (secondary N) is 1. The lowest BCUT2D eigenvalue weighted by Crippen LogP contribution is -2.32. The maximum Gasteiger partial charge on any atom is 0.265 e. The van der Waals surface area contributed by atoms with E-state index in [2.05, 4.69) is 5.32 Å². The Morgan fingerprint density at radius 3 is 2.48 bits per heavy atom. The van der Waals surface area contributed by atoms with Gasteiger partial charge in [-0.15, -0.1) is 0 Å². The number of rotatable bonds is 7. The molecule has 27 heavy (non-hydrogen) atoms. The third-order valence-electron chi connectivity index (χ3n) is 5.00. The Bertz CT molecular complexity index is 764. The smallest absolute Gasteiger partial charge is 0.265 e. The van der Waals surface area contributed by atoms with Gasteiger partial charge in [-0.25, -0.2) is 0 Å². The van der Waals surface area contributed by atoms with Crippen LogP contribution in [-0.4, -0.2) is 18.1 Å². The summed E-state index contributed by atoms with van der Waals surface area (Å²) in [5.74, 6) is 1.48. The highest BCUT2D eigenvalue weighted by Gasteiger charge is 2.20. The molecule has 0 spiro atoms. The van der Waals surface area contributed by atoms with Gasteiger partial charge in [0, 0.05) is 5.69 Å². The van der Waals surface area contributed by atoms with E-state index in [-0.39, 0.29) is 5.91 Å². The van der Waals surface area contributed by atoms with Crippen molar-refractivity contribution in [2.75, 3.05) is 5.32 Å². The van der Waals surface area contributed by atoms with Gasteiger partial charge < -0.3 is 14.8 Å². The highest BCUT2D eigenvalue weighted by atomic mass is 16.5. The van der Waals surface area contributed by atoms with Crippen LogP contribution in [0, 0.1) is 13.8 Å². The molecule has 0 aromatic heterocycles. The zero-order valence-corrected chi connectivity index (χ0v) is 16.5. The van der Waals surface area contributed by atoms with Crippen LogP contribution in [0.1, 0.15) is 50.2 Å². The minimum absolute atomic E-state index is 0.136. The summed E-state index contributed by atoms with van der Waals surface area (Å²) in [6.07, 6.45) is 5.16. The molecule has 1 atom stereocenters. The van der Waals surface area contributed by atoms with E-state index in [4.69, 9.17) is 9.47 Å². The summed E-state index contributed by atoms with van der Waals surface area (Å²) in [6, 6.07) is 13.6. The van der Waals surface area contributed by atoms with Crippen molar-refractivity contribution in [3.8, 4) is 11.5 Å². The van der Waals surface area contributed by atoms with Gasteiger partial charge in [-0.3, -0.25) is 4.79 Å². The van der Waals surface area contributed by atoms with Crippen molar-refractivity contribution in [2.45, 2.75) is 65.1 Å². The Morgan fingerprint density at radius 2 is 1.81 bits per heavy atom. The van der Waals surface area contributed by atoms with Crippen LogP contribution in [0.15, 0.2) is 42.5 Å². The summed E-state index contributed by atoms with van der Waals surface area (Å²) < 4.78 is 12.0.